The van der Waals surface area contributed by atoms with Gasteiger partial charge >= 0.3 is 11.9 Å². The van der Waals surface area contributed by atoms with Crippen LogP contribution in [0.4, 0.5) is 0 Å². The minimum absolute atomic E-state index is 0.388. The number of hydrogen-bond donors (Lipinski definition) is 0. The van der Waals surface area contributed by atoms with Crippen molar-refractivity contribution in [3.8, 4) is 0 Å². The van der Waals surface area contributed by atoms with Gasteiger partial charge in [-0.1, -0.05) is 13.8 Å². The lowest BCUT2D eigenvalue weighted by molar-refractivity contribution is -0.278. The number of carbonyl (C=O) groups excluding carboxylic acids is 2. The Morgan fingerprint density at radius 2 is 1.30 bits per heavy atom. The Morgan fingerprint density at radius 1 is 1.00 bits per heavy atom. The maximum absolute atomic E-state index is 10.7. The number of rotatable bonds is 0. The predicted octanol–water partition coefficient (Wildman–Crippen LogP) is 0.274. The maximum Gasteiger partial charge on any atom is 0.359 e. The summed E-state index contributed by atoms with van der Waals surface area (Å²) in [6, 6.07) is 0. The molecule has 0 aromatic carbocycles. The van der Waals surface area contributed by atoms with Crippen molar-refractivity contribution in [2.75, 3.05) is 0 Å². The van der Waals surface area contributed by atoms with Crippen molar-refractivity contribution in [2.24, 2.45) is 11.8 Å². The van der Waals surface area contributed by atoms with Gasteiger partial charge in [-0.2, -0.15) is 0 Å². The predicted molar refractivity (Wildman–Crippen MR) is 30.5 cm³/mol. The van der Waals surface area contributed by atoms with Crippen LogP contribution in [0.5, 0.6) is 0 Å². The van der Waals surface area contributed by atoms with E-state index in [1.54, 1.807) is 13.8 Å². The van der Waals surface area contributed by atoms with Gasteiger partial charge < -0.3 is 0 Å². The lowest BCUT2D eigenvalue weighted by Crippen LogP contribution is -2.35. The Labute approximate surface area is 58.0 Å². The van der Waals surface area contributed by atoms with E-state index in [1.165, 1.54) is 0 Å². The van der Waals surface area contributed by atoms with Crippen molar-refractivity contribution in [3.05, 3.63) is 0 Å². The fourth-order valence-electron chi connectivity index (χ4n) is 0.642. The third-order valence-electron chi connectivity index (χ3n) is 1.70. The zero-order chi connectivity index (χ0) is 7.72. The highest BCUT2D eigenvalue weighted by molar-refractivity contribution is 5.84. The molecule has 0 saturated carbocycles. The SMILES string of the molecule is CC1C(=O)OOC(=O)[C@@H]1C. The van der Waals surface area contributed by atoms with E-state index < -0.39 is 11.9 Å². The van der Waals surface area contributed by atoms with Crippen LogP contribution in [0.3, 0.4) is 0 Å². The van der Waals surface area contributed by atoms with Crippen molar-refractivity contribution in [2.45, 2.75) is 13.8 Å². The van der Waals surface area contributed by atoms with Crippen molar-refractivity contribution in [1.82, 2.24) is 0 Å². The molecule has 1 aliphatic heterocycles. The van der Waals surface area contributed by atoms with Crippen LogP contribution < -0.4 is 0 Å². The van der Waals surface area contributed by atoms with Gasteiger partial charge in [0.2, 0.25) is 0 Å². The standard InChI is InChI=1S/C6H8O4/c1-3-4(2)6(8)10-9-5(3)7/h3-4H,1-2H3/t3-,4?/m1/s1. The Hall–Kier alpha value is -1.06. The van der Waals surface area contributed by atoms with Crippen LogP contribution >= 0.6 is 0 Å². The second-order valence-electron chi connectivity index (χ2n) is 2.38. The molecule has 56 valence electrons. The van der Waals surface area contributed by atoms with Gasteiger partial charge in [-0.3, -0.25) is 0 Å². The average molecular weight is 144 g/mol. The Balaban J connectivity index is 2.69. The van der Waals surface area contributed by atoms with Gasteiger partial charge in [-0.15, -0.1) is 0 Å². The molecule has 0 bridgehead atoms. The van der Waals surface area contributed by atoms with Crippen LogP contribution in [0.15, 0.2) is 0 Å². The summed E-state index contributed by atoms with van der Waals surface area (Å²) in [5.41, 5.74) is 0. The fourth-order valence-corrected chi connectivity index (χ4v) is 0.642. The largest absolute Gasteiger partial charge is 0.359 e. The van der Waals surface area contributed by atoms with E-state index in [1.807, 2.05) is 0 Å². The minimum atomic E-state index is -0.480. The van der Waals surface area contributed by atoms with E-state index in [-0.39, 0.29) is 11.8 Å². The molecule has 1 fully saturated rings. The molecular weight excluding hydrogens is 136 g/mol. The zero-order valence-electron chi connectivity index (χ0n) is 5.79. The monoisotopic (exact) mass is 144 g/mol. The molecule has 0 aromatic heterocycles. The summed E-state index contributed by atoms with van der Waals surface area (Å²) < 4.78 is 0. The summed E-state index contributed by atoms with van der Waals surface area (Å²) in [5.74, 6) is -1.73. The molecular formula is C6H8O4. The number of carbonyl (C=O) groups is 2. The van der Waals surface area contributed by atoms with E-state index in [9.17, 15) is 9.59 Å². The molecule has 1 rings (SSSR count). The van der Waals surface area contributed by atoms with Crippen LogP contribution in [0.25, 0.3) is 0 Å². The molecule has 0 aliphatic carbocycles. The molecule has 1 saturated heterocycles. The quantitative estimate of drug-likeness (QED) is 0.458. The Morgan fingerprint density at radius 3 is 1.60 bits per heavy atom. The third-order valence-corrected chi connectivity index (χ3v) is 1.70. The lowest BCUT2D eigenvalue weighted by Gasteiger charge is -2.20. The topological polar surface area (TPSA) is 52.6 Å². The summed E-state index contributed by atoms with van der Waals surface area (Å²) >= 11 is 0. The molecule has 0 amide bonds. The van der Waals surface area contributed by atoms with Gasteiger partial charge in [0.15, 0.2) is 0 Å². The second-order valence-corrected chi connectivity index (χ2v) is 2.38. The van der Waals surface area contributed by atoms with Crippen molar-refractivity contribution < 1.29 is 19.4 Å². The normalized spacial score (nSPS) is 33.0. The summed E-state index contributed by atoms with van der Waals surface area (Å²) in [4.78, 5) is 29.5. The smallest absolute Gasteiger partial charge is 0.247 e. The summed E-state index contributed by atoms with van der Waals surface area (Å²) in [5, 5.41) is 0. The van der Waals surface area contributed by atoms with Gasteiger partial charge in [-0.05, 0) is 0 Å². The second kappa shape index (κ2) is 2.28. The Kier molecular flexibility index (Phi) is 1.61. The van der Waals surface area contributed by atoms with Crippen LogP contribution in [-0.4, -0.2) is 11.9 Å². The maximum atomic E-state index is 10.7. The van der Waals surface area contributed by atoms with Gasteiger partial charge in [0.25, 0.3) is 0 Å². The van der Waals surface area contributed by atoms with E-state index in [0.717, 1.165) is 0 Å². The molecule has 0 radical (unpaired) electrons. The van der Waals surface area contributed by atoms with Crippen LogP contribution in [0.1, 0.15) is 13.8 Å². The molecule has 4 nitrogen and oxygen atoms in total. The molecule has 2 atom stereocenters. The third kappa shape index (κ3) is 0.964. The van der Waals surface area contributed by atoms with Gasteiger partial charge in [0, 0.05) is 0 Å². The zero-order valence-corrected chi connectivity index (χ0v) is 5.79. The number of hydrogen-bond acceptors (Lipinski definition) is 4. The molecule has 10 heavy (non-hydrogen) atoms. The van der Waals surface area contributed by atoms with E-state index >= 15 is 0 Å². The first-order chi connectivity index (χ1) is 4.63. The van der Waals surface area contributed by atoms with Crippen LogP contribution in [0.2, 0.25) is 0 Å². The molecule has 1 aliphatic rings. The minimum Gasteiger partial charge on any atom is -0.247 e. The first-order valence-electron chi connectivity index (χ1n) is 3.05. The lowest BCUT2D eigenvalue weighted by atomic mass is 9.96. The first kappa shape index (κ1) is 7.05. The van der Waals surface area contributed by atoms with Crippen molar-refractivity contribution in [1.29, 1.82) is 0 Å². The summed E-state index contributed by atoms with van der Waals surface area (Å²) in [7, 11) is 0. The average Bonchev–Trinajstić information content (AvgIpc) is 1.93. The first-order valence-corrected chi connectivity index (χ1v) is 3.05. The highest BCUT2D eigenvalue weighted by Gasteiger charge is 2.35. The molecule has 1 heterocycles. The Bertz CT molecular complexity index is 155. The van der Waals surface area contributed by atoms with Crippen molar-refractivity contribution >= 4 is 11.9 Å². The van der Waals surface area contributed by atoms with Crippen molar-refractivity contribution in [3.63, 3.8) is 0 Å². The fraction of sp³-hybridized carbons (Fsp3) is 0.667. The summed E-state index contributed by atoms with van der Waals surface area (Å²) in [6.07, 6.45) is 0. The van der Waals surface area contributed by atoms with Gasteiger partial charge in [-0.25, -0.2) is 19.4 Å². The molecule has 0 spiro atoms. The molecule has 4 heteroatoms. The summed E-state index contributed by atoms with van der Waals surface area (Å²) in [6.45, 7) is 3.26. The molecule has 1 unspecified atom stereocenters. The van der Waals surface area contributed by atoms with Gasteiger partial charge in [0.05, 0.1) is 11.8 Å². The molecule has 0 N–H and O–H groups in total. The highest BCUT2D eigenvalue weighted by atomic mass is 17.2. The van der Waals surface area contributed by atoms with E-state index in [4.69, 9.17) is 0 Å². The highest BCUT2D eigenvalue weighted by Crippen LogP contribution is 2.19. The van der Waals surface area contributed by atoms with Crippen LogP contribution in [0, 0.1) is 11.8 Å². The van der Waals surface area contributed by atoms with Gasteiger partial charge in [0.1, 0.15) is 0 Å². The van der Waals surface area contributed by atoms with E-state index in [2.05, 4.69) is 9.78 Å². The van der Waals surface area contributed by atoms with E-state index in [0.29, 0.717) is 0 Å². The molecule has 0 aromatic rings. The van der Waals surface area contributed by atoms with Crippen LogP contribution in [-0.2, 0) is 19.4 Å².